The topological polar surface area (TPSA) is 107 Å². The normalized spacial score (nSPS) is 26.6. The number of hydrogen-bond acceptors (Lipinski definition) is 7. The third kappa shape index (κ3) is 3.52. The van der Waals surface area contributed by atoms with E-state index in [1.165, 1.54) is 18.0 Å². The second-order valence-corrected chi connectivity index (χ2v) is 6.57. The number of nitriles is 1. The molecule has 0 bridgehead atoms. The summed E-state index contributed by atoms with van der Waals surface area (Å²) in [5.74, 6) is 0.757. The molecule has 124 valence electrons. The summed E-state index contributed by atoms with van der Waals surface area (Å²) >= 11 is 1.24. The number of aliphatic hydroxyl groups is 3. The van der Waals surface area contributed by atoms with Crippen LogP contribution in [0.25, 0.3) is 11.3 Å². The van der Waals surface area contributed by atoms with E-state index in [1.54, 1.807) is 24.3 Å². The van der Waals surface area contributed by atoms with Crippen molar-refractivity contribution >= 4 is 11.8 Å². The molecule has 0 spiro atoms. The van der Waals surface area contributed by atoms with Gasteiger partial charge in [-0.1, -0.05) is 12.1 Å². The fourth-order valence-electron chi connectivity index (χ4n) is 2.35. The number of thioether (sulfide) groups is 1. The highest BCUT2D eigenvalue weighted by molar-refractivity contribution is 7.99. The molecule has 2 aromatic rings. The van der Waals surface area contributed by atoms with Crippen LogP contribution in [0.5, 0.6) is 5.75 Å². The number of rotatable bonds is 3. The van der Waals surface area contributed by atoms with Crippen molar-refractivity contribution in [2.24, 2.45) is 0 Å². The van der Waals surface area contributed by atoms with Crippen molar-refractivity contribution in [3.05, 3.63) is 48.2 Å². The van der Waals surface area contributed by atoms with Crippen LogP contribution in [0.1, 0.15) is 5.56 Å². The highest BCUT2D eigenvalue weighted by Crippen LogP contribution is 2.29. The number of ether oxygens (including phenoxy) is 1. The Balaban J connectivity index is 1.69. The first kappa shape index (κ1) is 16.7. The molecule has 2 heterocycles. The van der Waals surface area contributed by atoms with Gasteiger partial charge in [0.25, 0.3) is 0 Å². The molecule has 24 heavy (non-hydrogen) atoms. The predicted octanol–water partition coefficient (Wildman–Crippen LogP) is 1.15. The third-order valence-corrected chi connectivity index (χ3v) is 4.99. The van der Waals surface area contributed by atoms with Crippen molar-refractivity contribution < 1.29 is 20.1 Å². The Morgan fingerprint density at radius 3 is 2.46 bits per heavy atom. The molecule has 7 heteroatoms. The van der Waals surface area contributed by atoms with Gasteiger partial charge in [0, 0.05) is 11.3 Å². The van der Waals surface area contributed by atoms with Gasteiger partial charge in [0.15, 0.2) is 5.44 Å². The summed E-state index contributed by atoms with van der Waals surface area (Å²) in [4.78, 5) is 4.32. The van der Waals surface area contributed by atoms with Gasteiger partial charge in [-0.05, 0) is 24.3 Å². The van der Waals surface area contributed by atoms with Crippen LogP contribution < -0.4 is 4.74 Å². The molecule has 1 saturated heterocycles. The van der Waals surface area contributed by atoms with Gasteiger partial charge in [0.2, 0.25) is 0 Å². The van der Waals surface area contributed by atoms with Gasteiger partial charge in [0.1, 0.15) is 18.0 Å². The summed E-state index contributed by atoms with van der Waals surface area (Å²) < 4.78 is 5.65. The molecule has 1 aliphatic rings. The van der Waals surface area contributed by atoms with E-state index in [0.29, 0.717) is 17.1 Å². The maximum absolute atomic E-state index is 9.95. The maximum atomic E-state index is 9.95. The smallest absolute Gasteiger partial charge is 0.173 e. The Hall–Kier alpha value is -2.11. The lowest BCUT2D eigenvalue weighted by molar-refractivity contribution is -0.0786. The van der Waals surface area contributed by atoms with Crippen LogP contribution >= 0.6 is 11.8 Å². The van der Waals surface area contributed by atoms with E-state index in [4.69, 9.17) is 10.00 Å². The van der Waals surface area contributed by atoms with Crippen molar-refractivity contribution in [3.8, 4) is 23.1 Å². The van der Waals surface area contributed by atoms with E-state index in [0.717, 1.165) is 11.3 Å². The van der Waals surface area contributed by atoms with Gasteiger partial charge >= 0.3 is 0 Å². The Bertz CT molecular complexity index is 730. The summed E-state index contributed by atoms with van der Waals surface area (Å²) in [6.45, 7) is 0. The molecule has 0 aliphatic carbocycles. The molecule has 1 fully saturated rings. The summed E-state index contributed by atoms with van der Waals surface area (Å²) in [7, 11) is 0. The third-order valence-electron chi connectivity index (χ3n) is 3.75. The number of nitrogens with zero attached hydrogens (tertiary/aromatic N) is 2. The van der Waals surface area contributed by atoms with Crippen molar-refractivity contribution in [2.75, 3.05) is 5.75 Å². The van der Waals surface area contributed by atoms with Crippen LogP contribution in [-0.4, -0.2) is 49.8 Å². The Kier molecular flexibility index (Phi) is 5.02. The van der Waals surface area contributed by atoms with Crippen LogP contribution in [0, 0.1) is 11.3 Å². The summed E-state index contributed by atoms with van der Waals surface area (Å²) in [5.41, 5.74) is 1.54. The fraction of sp³-hybridized carbons (Fsp3) is 0.294. The monoisotopic (exact) mass is 344 g/mol. The average molecular weight is 344 g/mol. The van der Waals surface area contributed by atoms with Crippen LogP contribution in [0.3, 0.4) is 0 Å². The molecule has 6 nitrogen and oxygen atoms in total. The van der Waals surface area contributed by atoms with Crippen LogP contribution in [0.4, 0.5) is 0 Å². The molecular weight excluding hydrogens is 328 g/mol. The lowest BCUT2D eigenvalue weighted by Crippen LogP contribution is -2.50. The van der Waals surface area contributed by atoms with Crippen molar-refractivity contribution in [3.63, 3.8) is 0 Å². The molecule has 0 unspecified atom stereocenters. The first-order valence-corrected chi connectivity index (χ1v) is 8.42. The van der Waals surface area contributed by atoms with E-state index in [1.807, 2.05) is 12.1 Å². The minimum Gasteiger partial charge on any atom is -0.475 e. The minimum absolute atomic E-state index is 0.291. The zero-order chi connectivity index (χ0) is 17.1. The lowest BCUT2D eigenvalue weighted by Gasteiger charge is -2.34. The highest BCUT2D eigenvalue weighted by Gasteiger charge is 2.38. The molecule has 0 amide bonds. The molecule has 1 aromatic carbocycles. The largest absolute Gasteiger partial charge is 0.475 e. The quantitative estimate of drug-likeness (QED) is 0.767. The number of pyridine rings is 1. The van der Waals surface area contributed by atoms with Gasteiger partial charge in [0.05, 0.1) is 29.6 Å². The zero-order valence-corrected chi connectivity index (χ0v) is 13.4. The highest BCUT2D eigenvalue weighted by atomic mass is 32.2. The molecule has 4 atom stereocenters. The van der Waals surface area contributed by atoms with Crippen LogP contribution in [0.2, 0.25) is 0 Å². The second-order valence-electron chi connectivity index (χ2n) is 5.44. The van der Waals surface area contributed by atoms with Gasteiger partial charge < -0.3 is 20.1 Å². The standard InChI is InChI=1S/C17H16N2O4S/c18-7-10-1-3-11(4-2-10)13-6-5-12(8-19-13)23-17-16(22)15(21)14(20)9-24-17/h1-6,8,14-17,20-22H,9H2/t14-,15+,16-,17+/m1/s1. The van der Waals surface area contributed by atoms with E-state index >= 15 is 0 Å². The SMILES string of the molecule is N#Cc1ccc(-c2ccc(O[C@H]3SC[C@@H](O)[C@H](O)[C@H]3O)cn2)cc1. The number of aliphatic hydroxyl groups excluding tert-OH is 3. The maximum Gasteiger partial charge on any atom is 0.173 e. The summed E-state index contributed by atoms with van der Waals surface area (Å²) in [6, 6.07) is 12.7. The van der Waals surface area contributed by atoms with Gasteiger partial charge in [-0.15, -0.1) is 11.8 Å². The van der Waals surface area contributed by atoms with Crippen LogP contribution in [-0.2, 0) is 0 Å². The minimum atomic E-state index is -1.22. The van der Waals surface area contributed by atoms with E-state index in [2.05, 4.69) is 11.1 Å². The van der Waals surface area contributed by atoms with Gasteiger partial charge in [-0.25, -0.2) is 0 Å². The van der Waals surface area contributed by atoms with Gasteiger partial charge in [-0.2, -0.15) is 5.26 Å². The van der Waals surface area contributed by atoms with Gasteiger partial charge in [-0.3, -0.25) is 4.98 Å². The first-order chi connectivity index (χ1) is 11.6. The van der Waals surface area contributed by atoms with Crippen molar-refractivity contribution in [1.82, 2.24) is 4.98 Å². The van der Waals surface area contributed by atoms with Crippen molar-refractivity contribution in [1.29, 1.82) is 5.26 Å². The molecule has 3 N–H and O–H groups in total. The van der Waals surface area contributed by atoms with Crippen LogP contribution in [0.15, 0.2) is 42.6 Å². The zero-order valence-electron chi connectivity index (χ0n) is 12.6. The average Bonchev–Trinajstić information content (AvgIpc) is 2.63. The molecular formula is C17H16N2O4S. The Morgan fingerprint density at radius 1 is 1.08 bits per heavy atom. The molecule has 3 rings (SSSR count). The first-order valence-electron chi connectivity index (χ1n) is 7.37. The lowest BCUT2D eigenvalue weighted by atomic mass is 10.1. The number of aromatic nitrogens is 1. The van der Waals surface area contributed by atoms with E-state index in [-0.39, 0.29) is 0 Å². The molecule has 1 aliphatic heterocycles. The van der Waals surface area contributed by atoms with Crippen molar-refractivity contribution in [2.45, 2.75) is 23.7 Å². The predicted molar refractivity (Wildman–Crippen MR) is 89.3 cm³/mol. The Morgan fingerprint density at radius 2 is 1.83 bits per heavy atom. The number of hydrogen-bond donors (Lipinski definition) is 3. The van der Waals surface area contributed by atoms with E-state index in [9.17, 15) is 15.3 Å². The molecule has 0 saturated carbocycles. The second kappa shape index (κ2) is 7.20. The van der Waals surface area contributed by atoms with E-state index < -0.39 is 23.7 Å². The molecule has 0 radical (unpaired) electrons. The molecule has 1 aromatic heterocycles. The summed E-state index contributed by atoms with van der Waals surface area (Å²) in [5, 5.41) is 38.0. The summed E-state index contributed by atoms with van der Waals surface area (Å²) in [6.07, 6.45) is -1.81. The Labute approximate surface area is 143 Å². The fourth-order valence-corrected chi connectivity index (χ4v) is 3.47. The number of benzene rings is 1.